The molecule has 1 aromatic carbocycles. The zero-order chi connectivity index (χ0) is 12.7. The third-order valence-corrected chi connectivity index (χ3v) is 1.90. The van der Waals surface area contributed by atoms with Crippen molar-refractivity contribution in [1.82, 2.24) is 0 Å². The molecule has 54 valence electrons. The lowest BCUT2D eigenvalue weighted by Gasteiger charge is -2.01. The summed E-state index contributed by atoms with van der Waals surface area (Å²) in [4.78, 5) is 0. The summed E-state index contributed by atoms with van der Waals surface area (Å²) in [5, 5.41) is 0. The summed E-state index contributed by atoms with van der Waals surface area (Å²) < 4.78 is 48.4. The molecular formula is C7H6BrIO. The monoisotopic (exact) mass is 318 g/mol. The van der Waals surface area contributed by atoms with Gasteiger partial charge >= 0.3 is 0 Å². The van der Waals surface area contributed by atoms with Crippen molar-refractivity contribution in [2.45, 2.75) is 0 Å². The number of benzene rings is 1. The van der Waals surface area contributed by atoms with Crippen LogP contribution in [0.5, 0.6) is 5.75 Å². The Morgan fingerprint density at radius 2 is 2.60 bits per heavy atom. The Hall–Kier alpha value is 0.230. The zero-order valence-corrected chi connectivity index (χ0v) is 8.41. The maximum Gasteiger partial charge on any atom is 0.134 e. The van der Waals surface area contributed by atoms with Gasteiger partial charge in [-0.2, -0.15) is 0 Å². The van der Waals surface area contributed by atoms with Crippen LogP contribution < -0.4 is 4.74 Å². The van der Waals surface area contributed by atoms with Gasteiger partial charge < -0.3 is 4.74 Å². The number of hydrogen-bond acceptors (Lipinski definition) is 1. The van der Waals surface area contributed by atoms with Crippen molar-refractivity contribution in [2.24, 2.45) is 0 Å². The lowest BCUT2D eigenvalue weighted by atomic mass is 10.3. The Morgan fingerprint density at radius 1 is 1.80 bits per heavy atom. The van der Waals surface area contributed by atoms with Crippen LogP contribution in [0.25, 0.3) is 0 Å². The average Bonchev–Trinajstić information content (AvgIpc) is 2.17. The van der Waals surface area contributed by atoms with Gasteiger partial charge in [0.05, 0.1) is 19.7 Å². The van der Waals surface area contributed by atoms with Gasteiger partial charge in [-0.1, -0.05) is 0 Å². The molecule has 0 aliphatic carbocycles. The summed E-state index contributed by atoms with van der Waals surface area (Å²) in [6, 6.07) is -0.528. The van der Waals surface area contributed by atoms with E-state index in [0.717, 1.165) is 0 Å². The summed E-state index contributed by atoms with van der Waals surface area (Å²) >= 11 is 4.67. The summed E-state index contributed by atoms with van der Waals surface area (Å²) in [5.41, 5.74) is 0. The molecule has 0 N–H and O–H groups in total. The molecule has 0 atom stereocenters. The molecule has 0 saturated heterocycles. The first-order chi connectivity index (χ1) is 7.15. The molecule has 3 heteroatoms. The number of methoxy groups -OCH3 is 1. The van der Waals surface area contributed by atoms with Crippen molar-refractivity contribution in [3.05, 3.63) is 26.2 Å². The van der Waals surface area contributed by atoms with Gasteiger partial charge in [0.1, 0.15) is 5.75 Å². The van der Waals surface area contributed by atoms with Crippen molar-refractivity contribution in [1.29, 1.82) is 0 Å². The van der Waals surface area contributed by atoms with Gasteiger partial charge in [-0.15, -0.1) is 0 Å². The molecule has 0 radical (unpaired) electrons. The van der Waals surface area contributed by atoms with Crippen molar-refractivity contribution in [2.75, 3.05) is 7.04 Å². The molecule has 0 spiro atoms. The number of ether oxygens (including phenoxy) is 1. The average molecular weight is 319 g/mol. The lowest BCUT2D eigenvalue weighted by Crippen LogP contribution is -1.84. The van der Waals surface area contributed by atoms with Crippen LogP contribution >= 0.6 is 38.5 Å². The second-order valence-corrected chi connectivity index (χ2v) is 3.31. The predicted octanol–water partition coefficient (Wildman–Crippen LogP) is 3.06. The highest BCUT2D eigenvalue weighted by Gasteiger charge is 1.97. The molecular weight excluding hydrogens is 307 g/mol. The summed E-state index contributed by atoms with van der Waals surface area (Å²) in [7, 11) is -2.68. The maximum atomic E-state index is 7.64. The van der Waals surface area contributed by atoms with Crippen LogP contribution in [-0.2, 0) is 0 Å². The maximum absolute atomic E-state index is 7.64. The van der Waals surface area contributed by atoms with E-state index in [1.807, 2.05) is 0 Å². The van der Waals surface area contributed by atoms with Crippen LogP contribution in [0.1, 0.15) is 8.22 Å². The van der Waals surface area contributed by atoms with E-state index in [1.165, 1.54) is 0 Å². The molecule has 0 aromatic heterocycles. The Labute approximate surface area is 90.5 Å². The number of rotatable bonds is 1. The molecule has 0 bridgehead atoms. The predicted molar refractivity (Wildman–Crippen MR) is 53.4 cm³/mol. The van der Waals surface area contributed by atoms with Gasteiger partial charge in [-0.05, 0) is 56.6 Å². The largest absolute Gasteiger partial charge is 0.496 e. The molecule has 1 rings (SSSR count). The minimum Gasteiger partial charge on any atom is -0.496 e. The third kappa shape index (κ3) is 1.85. The van der Waals surface area contributed by atoms with Crippen LogP contribution in [0.15, 0.2) is 22.6 Å². The lowest BCUT2D eigenvalue weighted by molar-refractivity contribution is 0.412. The fourth-order valence-electron chi connectivity index (χ4n) is 0.423. The Kier molecular flexibility index (Phi) is 1.18. The molecule has 0 amide bonds. The van der Waals surface area contributed by atoms with Crippen LogP contribution in [0.2, 0.25) is 0 Å². The Balaban J connectivity index is 3.40. The SMILES string of the molecule is [2H]c1c([2H])c(I)c([2H])c(OC([2H])([2H])[2H])c1Br. The van der Waals surface area contributed by atoms with E-state index in [4.69, 9.17) is 8.22 Å². The second kappa shape index (κ2) is 3.57. The van der Waals surface area contributed by atoms with Gasteiger partial charge in [0.25, 0.3) is 0 Å². The van der Waals surface area contributed by atoms with E-state index < -0.39 is 7.04 Å². The first kappa shape index (κ1) is 3.31. The van der Waals surface area contributed by atoms with E-state index in [9.17, 15) is 0 Å². The number of halogens is 2. The first-order valence-electron chi connectivity index (χ1n) is 5.29. The van der Waals surface area contributed by atoms with Gasteiger partial charge in [0.2, 0.25) is 0 Å². The van der Waals surface area contributed by atoms with Gasteiger partial charge in [-0.25, -0.2) is 0 Å². The van der Waals surface area contributed by atoms with E-state index in [-0.39, 0.29) is 31.9 Å². The highest BCUT2D eigenvalue weighted by Crippen LogP contribution is 2.25. The fourth-order valence-corrected chi connectivity index (χ4v) is 1.08. The van der Waals surface area contributed by atoms with Gasteiger partial charge in [-0.3, -0.25) is 0 Å². The molecule has 0 fully saturated rings. The van der Waals surface area contributed by atoms with Crippen LogP contribution in [0.3, 0.4) is 0 Å². The smallest absolute Gasteiger partial charge is 0.134 e. The minimum atomic E-state index is -2.68. The fraction of sp³-hybridized carbons (Fsp3) is 0.143. The van der Waals surface area contributed by atoms with Crippen LogP contribution in [0, 0.1) is 3.57 Å². The van der Waals surface area contributed by atoms with Crippen LogP contribution in [0.4, 0.5) is 0 Å². The molecule has 10 heavy (non-hydrogen) atoms. The summed E-state index contributed by atoms with van der Waals surface area (Å²) in [5.74, 6) is -0.231. The molecule has 1 nitrogen and oxygen atoms in total. The summed E-state index contributed by atoms with van der Waals surface area (Å²) in [6.45, 7) is 0. The topological polar surface area (TPSA) is 9.23 Å². The van der Waals surface area contributed by atoms with E-state index in [1.54, 1.807) is 22.6 Å². The zero-order valence-electron chi connectivity index (χ0n) is 10.7. The normalized spacial score (nSPS) is 19.4. The molecule has 0 saturated carbocycles. The van der Waals surface area contributed by atoms with Crippen molar-refractivity contribution < 1.29 is 13.0 Å². The van der Waals surface area contributed by atoms with Crippen molar-refractivity contribution in [3.8, 4) is 5.75 Å². The molecule has 0 aliphatic heterocycles. The quantitative estimate of drug-likeness (QED) is 0.723. The first-order valence-corrected chi connectivity index (χ1v) is 4.16. The van der Waals surface area contributed by atoms with Gasteiger partial charge in [0.15, 0.2) is 0 Å². The minimum absolute atomic E-state index is 0.0130. The summed E-state index contributed by atoms with van der Waals surface area (Å²) in [6.07, 6.45) is 0. The molecule has 0 aliphatic rings. The molecule has 0 heterocycles. The molecule has 1 aromatic rings. The van der Waals surface area contributed by atoms with E-state index >= 15 is 0 Å². The van der Waals surface area contributed by atoms with Crippen molar-refractivity contribution >= 4 is 38.5 Å². The van der Waals surface area contributed by atoms with Gasteiger partial charge in [0, 0.05) is 3.57 Å². The second-order valence-electron chi connectivity index (χ2n) is 1.43. The number of hydrogen-bond donors (Lipinski definition) is 0. The van der Waals surface area contributed by atoms with Crippen molar-refractivity contribution in [3.63, 3.8) is 0 Å². The van der Waals surface area contributed by atoms with Crippen LogP contribution in [-0.4, -0.2) is 7.04 Å². The standard InChI is InChI=1S/C7H6BrIO/c1-10-7-4-5(9)2-3-6(7)8/h2-4H,1H3/i1D3,2D,3D,4D. The van der Waals surface area contributed by atoms with E-state index in [2.05, 4.69) is 20.7 Å². The Bertz CT molecular complexity index is 403. The van der Waals surface area contributed by atoms with E-state index in [0.29, 0.717) is 0 Å². The highest BCUT2D eigenvalue weighted by molar-refractivity contribution is 14.1. The highest BCUT2D eigenvalue weighted by atomic mass is 127. The molecule has 0 unspecified atom stereocenters. The Morgan fingerprint density at radius 3 is 3.30 bits per heavy atom. The third-order valence-electron chi connectivity index (χ3n) is 0.807.